The molecule has 0 aliphatic heterocycles. The van der Waals surface area contributed by atoms with Crippen molar-refractivity contribution in [1.29, 1.82) is 0 Å². The van der Waals surface area contributed by atoms with Crippen LogP contribution in [0.25, 0.3) is 0 Å². The summed E-state index contributed by atoms with van der Waals surface area (Å²) in [6.45, 7) is 1.91. The van der Waals surface area contributed by atoms with Gasteiger partial charge >= 0.3 is 0 Å². The van der Waals surface area contributed by atoms with Gasteiger partial charge in [0, 0.05) is 25.7 Å². The van der Waals surface area contributed by atoms with Crippen molar-refractivity contribution in [3.63, 3.8) is 0 Å². The highest BCUT2D eigenvalue weighted by molar-refractivity contribution is 5.92. The van der Waals surface area contributed by atoms with E-state index in [-0.39, 0.29) is 17.8 Å². The minimum Gasteiger partial charge on any atom is -0.409 e. The molecular weight excluding hydrogens is 222 g/mol. The largest absolute Gasteiger partial charge is 0.409 e. The molecule has 0 aromatic carbocycles. The number of amides is 1. The molecule has 94 valence electrons. The predicted octanol–water partition coefficient (Wildman–Crippen LogP) is 0.0650. The fourth-order valence-electron chi connectivity index (χ4n) is 1.38. The first-order valence-electron chi connectivity index (χ1n) is 5.32. The SMILES string of the molecule is CCC(CC(N)=NO)NC(=O)c1cn(C)cn1. The number of amidine groups is 1. The molecule has 1 atom stereocenters. The lowest BCUT2D eigenvalue weighted by Crippen LogP contribution is -2.37. The zero-order valence-electron chi connectivity index (χ0n) is 9.92. The van der Waals surface area contributed by atoms with Crippen LogP contribution in [0.2, 0.25) is 0 Å². The van der Waals surface area contributed by atoms with Gasteiger partial charge in [-0.2, -0.15) is 0 Å². The Bertz CT molecular complexity index is 413. The van der Waals surface area contributed by atoms with E-state index >= 15 is 0 Å². The minimum absolute atomic E-state index is 0.0955. The minimum atomic E-state index is -0.261. The van der Waals surface area contributed by atoms with Crippen LogP contribution in [0.3, 0.4) is 0 Å². The molecule has 0 bridgehead atoms. The lowest BCUT2D eigenvalue weighted by molar-refractivity contribution is 0.0932. The Morgan fingerprint density at radius 3 is 2.94 bits per heavy atom. The first-order chi connectivity index (χ1) is 8.06. The molecule has 1 rings (SSSR count). The summed E-state index contributed by atoms with van der Waals surface area (Å²) in [7, 11) is 1.79. The van der Waals surface area contributed by atoms with Crippen LogP contribution in [-0.2, 0) is 7.05 Å². The van der Waals surface area contributed by atoms with Crippen molar-refractivity contribution in [1.82, 2.24) is 14.9 Å². The topological polar surface area (TPSA) is 106 Å². The molecule has 1 amide bonds. The Kier molecular flexibility index (Phi) is 4.50. The second-order valence-corrected chi connectivity index (χ2v) is 3.80. The summed E-state index contributed by atoms with van der Waals surface area (Å²) in [5, 5.41) is 14.1. The Morgan fingerprint density at radius 2 is 2.47 bits per heavy atom. The highest BCUT2D eigenvalue weighted by Gasteiger charge is 2.15. The molecule has 0 fully saturated rings. The number of hydrogen-bond donors (Lipinski definition) is 3. The number of hydrogen-bond acceptors (Lipinski definition) is 4. The van der Waals surface area contributed by atoms with E-state index in [1.807, 2.05) is 6.92 Å². The van der Waals surface area contributed by atoms with E-state index in [0.29, 0.717) is 18.5 Å². The van der Waals surface area contributed by atoms with E-state index < -0.39 is 0 Å². The van der Waals surface area contributed by atoms with Gasteiger partial charge in [-0.25, -0.2) is 4.98 Å². The van der Waals surface area contributed by atoms with Crippen LogP contribution in [-0.4, -0.2) is 32.5 Å². The van der Waals surface area contributed by atoms with E-state index in [0.717, 1.165) is 0 Å². The number of nitrogens with two attached hydrogens (primary N) is 1. The number of aromatic nitrogens is 2. The number of aryl methyl sites for hydroxylation is 1. The smallest absolute Gasteiger partial charge is 0.271 e. The molecule has 0 spiro atoms. The summed E-state index contributed by atoms with van der Waals surface area (Å²) in [5.41, 5.74) is 5.75. The summed E-state index contributed by atoms with van der Waals surface area (Å²) >= 11 is 0. The Hall–Kier alpha value is -2.05. The molecule has 1 unspecified atom stereocenters. The Balaban J connectivity index is 2.59. The van der Waals surface area contributed by atoms with Gasteiger partial charge in [-0.05, 0) is 6.42 Å². The number of carbonyl (C=O) groups excluding carboxylic acids is 1. The van der Waals surface area contributed by atoms with E-state index in [2.05, 4.69) is 15.5 Å². The second-order valence-electron chi connectivity index (χ2n) is 3.80. The summed E-state index contributed by atoms with van der Waals surface area (Å²) in [6.07, 6.45) is 4.19. The van der Waals surface area contributed by atoms with E-state index in [4.69, 9.17) is 10.9 Å². The molecule has 7 nitrogen and oxygen atoms in total. The lowest BCUT2D eigenvalue weighted by Gasteiger charge is -2.15. The van der Waals surface area contributed by atoms with Crippen LogP contribution in [0.1, 0.15) is 30.3 Å². The first-order valence-corrected chi connectivity index (χ1v) is 5.32. The monoisotopic (exact) mass is 239 g/mol. The van der Waals surface area contributed by atoms with Crippen LogP contribution >= 0.6 is 0 Å². The number of carbonyl (C=O) groups is 1. The number of oxime groups is 1. The predicted molar refractivity (Wildman–Crippen MR) is 62.8 cm³/mol. The lowest BCUT2D eigenvalue weighted by atomic mass is 10.1. The van der Waals surface area contributed by atoms with Crippen LogP contribution in [0, 0.1) is 0 Å². The average molecular weight is 239 g/mol. The van der Waals surface area contributed by atoms with Gasteiger partial charge in [0.1, 0.15) is 11.5 Å². The molecule has 1 aromatic heterocycles. The zero-order chi connectivity index (χ0) is 12.8. The standard InChI is InChI=1S/C10H17N5O2/c1-3-7(4-9(11)14-17)13-10(16)8-5-15(2)6-12-8/h5-7,17H,3-4H2,1-2H3,(H2,11,14)(H,13,16). The third-order valence-corrected chi connectivity index (χ3v) is 2.35. The average Bonchev–Trinajstić information content (AvgIpc) is 2.74. The molecule has 0 saturated heterocycles. The highest BCUT2D eigenvalue weighted by atomic mass is 16.4. The van der Waals surface area contributed by atoms with Gasteiger partial charge < -0.3 is 20.8 Å². The number of nitrogens with one attached hydrogen (secondary N) is 1. The van der Waals surface area contributed by atoms with Gasteiger partial charge in [-0.15, -0.1) is 0 Å². The van der Waals surface area contributed by atoms with Crippen molar-refractivity contribution in [2.24, 2.45) is 17.9 Å². The van der Waals surface area contributed by atoms with Crippen molar-refractivity contribution in [2.45, 2.75) is 25.8 Å². The van der Waals surface area contributed by atoms with Gasteiger partial charge in [-0.1, -0.05) is 12.1 Å². The third-order valence-electron chi connectivity index (χ3n) is 2.35. The molecule has 0 radical (unpaired) electrons. The zero-order valence-corrected chi connectivity index (χ0v) is 9.92. The van der Waals surface area contributed by atoms with Crippen molar-refractivity contribution in [3.05, 3.63) is 18.2 Å². The van der Waals surface area contributed by atoms with Crippen LogP contribution < -0.4 is 11.1 Å². The van der Waals surface area contributed by atoms with Crippen molar-refractivity contribution in [2.75, 3.05) is 0 Å². The first kappa shape index (κ1) is 13.0. The fourth-order valence-corrected chi connectivity index (χ4v) is 1.38. The molecule has 0 saturated carbocycles. The van der Waals surface area contributed by atoms with Gasteiger partial charge in [0.15, 0.2) is 0 Å². The Labute approximate surface area is 99.3 Å². The summed E-state index contributed by atoms with van der Waals surface area (Å²) < 4.78 is 1.69. The molecule has 4 N–H and O–H groups in total. The third kappa shape index (κ3) is 3.78. The number of rotatable bonds is 5. The summed E-state index contributed by atoms with van der Waals surface area (Å²) in [4.78, 5) is 15.7. The van der Waals surface area contributed by atoms with E-state index in [9.17, 15) is 4.79 Å². The molecule has 1 aromatic rings. The molecule has 1 heterocycles. The van der Waals surface area contributed by atoms with Gasteiger partial charge in [0.05, 0.1) is 6.33 Å². The van der Waals surface area contributed by atoms with Gasteiger partial charge in [0.2, 0.25) is 0 Å². The molecular formula is C10H17N5O2. The summed E-state index contributed by atoms with van der Waals surface area (Å²) in [6, 6.07) is -0.166. The molecule has 7 heteroatoms. The molecule has 17 heavy (non-hydrogen) atoms. The van der Waals surface area contributed by atoms with Crippen LogP contribution in [0.15, 0.2) is 17.7 Å². The molecule has 0 aliphatic rings. The van der Waals surface area contributed by atoms with Crippen molar-refractivity contribution < 1.29 is 10.0 Å². The maximum Gasteiger partial charge on any atom is 0.271 e. The van der Waals surface area contributed by atoms with E-state index in [1.54, 1.807) is 24.1 Å². The number of imidazole rings is 1. The van der Waals surface area contributed by atoms with Gasteiger partial charge in [0.25, 0.3) is 5.91 Å². The van der Waals surface area contributed by atoms with E-state index in [1.165, 1.54) is 0 Å². The van der Waals surface area contributed by atoms with Gasteiger partial charge in [-0.3, -0.25) is 4.79 Å². The maximum absolute atomic E-state index is 11.8. The summed E-state index contributed by atoms with van der Waals surface area (Å²) in [5.74, 6) is -0.165. The number of nitrogens with zero attached hydrogens (tertiary/aromatic N) is 3. The van der Waals surface area contributed by atoms with Crippen LogP contribution in [0.5, 0.6) is 0 Å². The van der Waals surface area contributed by atoms with Crippen LogP contribution in [0.4, 0.5) is 0 Å². The van der Waals surface area contributed by atoms with Crippen molar-refractivity contribution in [3.8, 4) is 0 Å². The quantitative estimate of drug-likeness (QED) is 0.292. The Morgan fingerprint density at radius 1 is 1.76 bits per heavy atom. The molecule has 0 aliphatic carbocycles. The normalized spacial score (nSPS) is 13.4. The fraction of sp³-hybridized carbons (Fsp3) is 0.500. The highest BCUT2D eigenvalue weighted by Crippen LogP contribution is 2.01. The van der Waals surface area contributed by atoms with Crippen molar-refractivity contribution >= 4 is 11.7 Å². The second kappa shape index (κ2) is 5.88. The maximum atomic E-state index is 11.8.